The van der Waals surface area contributed by atoms with Crippen molar-refractivity contribution in [2.45, 2.75) is 19.4 Å². The maximum atomic E-state index is 12.9. The van der Waals surface area contributed by atoms with Gasteiger partial charge in [0.15, 0.2) is 0 Å². The number of amides is 1. The van der Waals surface area contributed by atoms with E-state index in [9.17, 15) is 9.18 Å². The molecule has 0 saturated carbocycles. The van der Waals surface area contributed by atoms with E-state index in [4.69, 9.17) is 21.1 Å². The predicted molar refractivity (Wildman–Crippen MR) is 101 cm³/mol. The number of hydrogen-bond donors (Lipinski definition) is 2. The summed E-state index contributed by atoms with van der Waals surface area (Å²) in [5.74, 6) is 0.575. The van der Waals surface area contributed by atoms with E-state index in [1.54, 1.807) is 31.2 Å². The normalized spacial score (nSPS) is 11.6. The van der Waals surface area contributed by atoms with Crippen molar-refractivity contribution in [1.82, 2.24) is 5.32 Å². The van der Waals surface area contributed by atoms with Crippen LogP contribution in [-0.4, -0.2) is 32.7 Å². The maximum absolute atomic E-state index is 12.9. The van der Waals surface area contributed by atoms with E-state index in [1.807, 2.05) is 0 Å². The molecule has 140 valence electrons. The molecule has 2 rings (SSSR count). The molecule has 2 aromatic carbocycles. The zero-order valence-electron chi connectivity index (χ0n) is 14.9. The van der Waals surface area contributed by atoms with Crippen molar-refractivity contribution in [3.05, 3.63) is 52.8 Å². The molecular weight excluding hydrogens is 359 g/mol. The second-order valence-electron chi connectivity index (χ2n) is 5.72. The lowest BCUT2D eigenvalue weighted by atomic mass is 10.1. The highest BCUT2D eigenvalue weighted by atomic mass is 35.5. The van der Waals surface area contributed by atoms with Crippen LogP contribution in [0.1, 0.15) is 12.5 Å². The van der Waals surface area contributed by atoms with Crippen molar-refractivity contribution < 1.29 is 18.7 Å². The molecule has 0 fully saturated rings. The number of carbonyl (C=O) groups excluding carboxylic acids is 1. The predicted octanol–water partition coefficient (Wildman–Crippen LogP) is 3.66. The first-order chi connectivity index (χ1) is 12.4. The summed E-state index contributed by atoms with van der Waals surface area (Å²) in [4.78, 5) is 12.3. The van der Waals surface area contributed by atoms with Crippen LogP contribution in [-0.2, 0) is 11.2 Å². The van der Waals surface area contributed by atoms with Gasteiger partial charge >= 0.3 is 0 Å². The third-order valence-corrected chi connectivity index (χ3v) is 4.16. The van der Waals surface area contributed by atoms with Crippen molar-refractivity contribution in [2.24, 2.45) is 0 Å². The van der Waals surface area contributed by atoms with Gasteiger partial charge in [-0.05, 0) is 37.1 Å². The second kappa shape index (κ2) is 9.29. The van der Waals surface area contributed by atoms with Gasteiger partial charge < -0.3 is 20.1 Å². The number of rotatable bonds is 8. The van der Waals surface area contributed by atoms with E-state index in [0.29, 0.717) is 35.2 Å². The zero-order valence-corrected chi connectivity index (χ0v) is 15.7. The monoisotopic (exact) mass is 380 g/mol. The molecule has 2 aromatic rings. The van der Waals surface area contributed by atoms with Gasteiger partial charge in [0.05, 0.1) is 24.9 Å². The summed E-state index contributed by atoms with van der Waals surface area (Å²) in [6.07, 6.45) is 0.621. The number of carbonyl (C=O) groups is 1. The highest BCUT2D eigenvalue weighted by Crippen LogP contribution is 2.36. The molecule has 5 nitrogen and oxygen atoms in total. The molecular formula is C19H22ClFN2O3. The van der Waals surface area contributed by atoms with Crippen molar-refractivity contribution in [2.75, 3.05) is 26.1 Å². The van der Waals surface area contributed by atoms with Gasteiger partial charge in [0, 0.05) is 12.6 Å². The van der Waals surface area contributed by atoms with E-state index in [1.165, 1.54) is 26.4 Å². The standard InChI is InChI=1S/C19H22ClFN2O3/c1-12(19(24)22-9-8-13-4-6-14(21)7-5-13)23-16-10-15(20)17(25-2)11-18(16)26-3/h4-7,10-12,23H,8-9H2,1-3H3,(H,22,24)/t12-/m1/s1. The van der Waals surface area contributed by atoms with Gasteiger partial charge in [-0.15, -0.1) is 0 Å². The molecule has 7 heteroatoms. The quantitative estimate of drug-likeness (QED) is 0.733. The van der Waals surface area contributed by atoms with Crippen LogP contribution in [0, 0.1) is 5.82 Å². The first-order valence-electron chi connectivity index (χ1n) is 8.14. The van der Waals surface area contributed by atoms with Crippen LogP contribution >= 0.6 is 11.6 Å². The average Bonchev–Trinajstić information content (AvgIpc) is 2.63. The minimum absolute atomic E-state index is 0.166. The molecule has 0 aliphatic rings. The van der Waals surface area contributed by atoms with Crippen LogP contribution in [0.25, 0.3) is 0 Å². The molecule has 26 heavy (non-hydrogen) atoms. The lowest BCUT2D eigenvalue weighted by Gasteiger charge is -2.18. The number of anilines is 1. The Hall–Kier alpha value is -2.47. The van der Waals surface area contributed by atoms with Crippen molar-refractivity contribution >= 4 is 23.2 Å². The Bertz CT molecular complexity index is 753. The minimum Gasteiger partial charge on any atom is -0.495 e. The van der Waals surface area contributed by atoms with E-state index in [-0.39, 0.29) is 11.7 Å². The molecule has 0 radical (unpaired) electrons. The molecule has 1 atom stereocenters. The molecule has 1 amide bonds. The highest BCUT2D eigenvalue weighted by molar-refractivity contribution is 6.32. The van der Waals surface area contributed by atoms with E-state index >= 15 is 0 Å². The summed E-state index contributed by atoms with van der Waals surface area (Å²) in [5.41, 5.74) is 1.55. The SMILES string of the molecule is COc1cc(OC)c(N[C@H](C)C(=O)NCCc2ccc(F)cc2)cc1Cl. The Labute approximate surface area is 157 Å². The number of benzene rings is 2. The van der Waals surface area contributed by atoms with Crippen LogP contribution < -0.4 is 20.1 Å². The summed E-state index contributed by atoms with van der Waals surface area (Å²) >= 11 is 6.14. The van der Waals surface area contributed by atoms with Crippen LogP contribution in [0.3, 0.4) is 0 Å². The summed E-state index contributed by atoms with van der Waals surface area (Å²) in [6, 6.07) is 9.02. The van der Waals surface area contributed by atoms with E-state index in [2.05, 4.69) is 10.6 Å². The summed E-state index contributed by atoms with van der Waals surface area (Å²) in [7, 11) is 3.05. The van der Waals surface area contributed by atoms with E-state index < -0.39 is 6.04 Å². The Kier molecular flexibility index (Phi) is 7.09. The number of ether oxygens (including phenoxy) is 2. The topological polar surface area (TPSA) is 59.6 Å². The number of halogens is 2. The Morgan fingerprint density at radius 3 is 2.42 bits per heavy atom. The molecule has 0 spiro atoms. The Morgan fingerprint density at radius 1 is 1.15 bits per heavy atom. The van der Waals surface area contributed by atoms with Crippen molar-refractivity contribution in [3.8, 4) is 11.5 Å². The van der Waals surface area contributed by atoms with E-state index in [0.717, 1.165) is 5.56 Å². The number of hydrogen-bond acceptors (Lipinski definition) is 4. The Morgan fingerprint density at radius 2 is 1.81 bits per heavy atom. The van der Waals surface area contributed by atoms with Crippen LogP contribution in [0.5, 0.6) is 11.5 Å². The van der Waals surface area contributed by atoms with Gasteiger partial charge in [0.25, 0.3) is 0 Å². The average molecular weight is 381 g/mol. The number of methoxy groups -OCH3 is 2. The third kappa shape index (κ3) is 5.26. The highest BCUT2D eigenvalue weighted by Gasteiger charge is 2.16. The second-order valence-corrected chi connectivity index (χ2v) is 6.13. The first-order valence-corrected chi connectivity index (χ1v) is 8.52. The Balaban J connectivity index is 1.92. The van der Waals surface area contributed by atoms with Crippen LogP contribution in [0.2, 0.25) is 5.02 Å². The largest absolute Gasteiger partial charge is 0.495 e. The molecule has 0 aromatic heterocycles. The molecule has 2 N–H and O–H groups in total. The van der Waals surface area contributed by atoms with Gasteiger partial charge in [0.2, 0.25) is 5.91 Å². The molecule has 0 aliphatic carbocycles. The lowest BCUT2D eigenvalue weighted by molar-refractivity contribution is -0.121. The van der Waals surface area contributed by atoms with Gasteiger partial charge in [-0.2, -0.15) is 0 Å². The molecule has 0 heterocycles. The fourth-order valence-electron chi connectivity index (χ4n) is 2.41. The summed E-state index contributed by atoms with van der Waals surface area (Å²) in [5, 5.41) is 6.35. The summed E-state index contributed by atoms with van der Waals surface area (Å²) in [6.45, 7) is 2.20. The van der Waals surface area contributed by atoms with Gasteiger partial charge in [0.1, 0.15) is 23.4 Å². The molecule has 0 unspecified atom stereocenters. The van der Waals surface area contributed by atoms with Crippen molar-refractivity contribution in [1.29, 1.82) is 0 Å². The van der Waals surface area contributed by atoms with Crippen molar-refractivity contribution in [3.63, 3.8) is 0 Å². The third-order valence-electron chi connectivity index (χ3n) is 3.87. The van der Waals surface area contributed by atoms with Gasteiger partial charge in [-0.3, -0.25) is 4.79 Å². The fraction of sp³-hybridized carbons (Fsp3) is 0.316. The van der Waals surface area contributed by atoms with Crippen LogP contribution in [0.4, 0.5) is 10.1 Å². The number of nitrogens with one attached hydrogen (secondary N) is 2. The lowest BCUT2D eigenvalue weighted by Crippen LogP contribution is -2.38. The summed E-state index contributed by atoms with van der Waals surface area (Å²) < 4.78 is 23.3. The molecule has 0 bridgehead atoms. The van der Waals surface area contributed by atoms with Crippen LogP contribution in [0.15, 0.2) is 36.4 Å². The maximum Gasteiger partial charge on any atom is 0.242 e. The zero-order chi connectivity index (χ0) is 19.1. The molecule has 0 aliphatic heterocycles. The van der Waals surface area contributed by atoms with Gasteiger partial charge in [-0.25, -0.2) is 4.39 Å². The smallest absolute Gasteiger partial charge is 0.242 e. The first kappa shape index (κ1) is 19.8. The minimum atomic E-state index is -0.499. The molecule has 0 saturated heterocycles. The fourth-order valence-corrected chi connectivity index (χ4v) is 2.65. The van der Waals surface area contributed by atoms with Gasteiger partial charge in [-0.1, -0.05) is 23.7 Å².